The molecule has 188 valence electrons. The number of carbonyl (C=O) groups excluding carboxylic acids is 2. The molecule has 2 atom stereocenters. The molecule has 1 N–H and O–H groups in total. The predicted molar refractivity (Wildman–Crippen MR) is 144 cm³/mol. The van der Waals surface area contributed by atoms with E-state index in [4.69, 9.17) is 21.4 Å². The number of rotatable bonds is 6. The molecule has 0 bridgehead atoms. The summed E-state index contributed by atoms with van der Waals surface area (Å²) in [6, 6.07) is 20.3. The average molecular weight is 537 g/mol. The first-order chi connectivity index (χ1) is 17.9. The average Bonchev–Trinajstić information content (AvgIpc) is 3.49. The highest BCUT2D eigenvalue weighted by Crippen LogP contribution is 2.39. The Balaban J connectivity index is 1.35. The van der Waals surface area contributed by atoms with Gasteiger partial charge >= 0.3 is 0 Å². The number of nitrogens with zero attached hydrogens (tertiary/aromatic N) is 3. The number of amidine groups is 1. The van der Waals surface area contributed by atoms with Crippen LogP contribution in [0.5, 0.6) is 5.75 Å². The van der Waals surface area contributed by atoms with Crippen molar-refractivity contribution in [3.63, 3.8) is 0 Å². The number of hydrazone groups is 1. The van der Waals surface area contributed by atoms with E-state index in [1.165, 1.54) is 31.0 Å². The maximum Gasteiger partial charge on any atom is 0.262 e. The number of aliphatic imine (C=N–C) groups is 1. The number of benzene rings is 3. The van der Waals surface area contributed by atoms with Crippen LogP contribution in [0.4, 0.5) is 10.1 Å². The zero-order chi connectivity index (χ0) is 25.9. The van der Waals surface area contributed by atoms with Crippen molar-refractivity contribution in [1.29, 1.82) is 0 Å². The third kappa shape index (κ3) is 5.52. The molecule has 3 aromatic rings. The Labute approximate surface area is 222 Å². The highest BCUT2D eigenvalue weighted by molar-refractivity contribution is 8.15. The SMILES string of the molecule is COc1ccccc1NC(=O)C[C@@H]1SC(N2N=C(c3ccc(F)cc3)C[C@H]2c2cccc(Cl)c2)=NC1=O. The molecule has 7 nitrogen and oxygen atoms in total. The first-order valence-electron chi connectivity index (χ1n) is 11.5. The van der Waals surface area contributed by atoms with Gasteiger partial charge in [0.05, 0.1) is 24.6 Å². The van der Waals surface area contributed by atoms with Gasteiger partial charge in [-0.05, 0) is 47.5 Å². The maximum atomic E-state index is 13.5. The number of ether oxygens (including phenoxy) is 1. The molecule has 2 aliphatic heterocycles. The fourth-order valence-corrected chi connectivity index (χ4v) is 5.46. The van der Waals surface area contributed by atoms with Crippen molar-refractivity contribution in [3.8, 4) is 5.75 Å². The third-order valence-corrected chi connectivity index (χ3v) is 7.38. The summed E-state index contributed by atoms with van der Waals surface area (Å²) >= 11 is 7.45. The number of hydrogen-bond acceptors (Lipinski definition) is 6. The first-order valence-corrected chi connectivity index (χ1v) is 12.8. The molecule has 0 aromatic heterocycles. The van der Waals surface area contributed by atoms with Gasteiger partial charge in [-0.3, -0.25) is 9.59 Å². The summed E-state index contributed by atoms with van der Waals surface area (Å²) in [5, 5.41) is 9.56. The number of thioether (sulfide) groups is 1. The lowest BCUT2D eigenvalue weighted by atomic mass is 9.98. The lowest BCUT2D eigenvalue weighted by Gasteiger charge is -2.23. The van der Waals surface area contributed by atoms with Crippen LogP contribution in [0.3, 0.4) is 0 Å². The summed E-state index contributed by atoms with van der Waals surface area (Å²) in [5.74, 6) is -0.524. The van der Waals surface area contributed by atoms with Gasteiger partial charge in [0.2, 0.25) is 5.91 Å². The van der Waals surface area contributed by atoms with Gasteiger partial charge < -0.3 is 10.1 Å². The largest absolute Gasteiger partial charge is 0.495 e. The molecule has 0 fully saturated rings. The van der Waals surface area contributed by atoms with Crippen LogP contribution in [-0.4, -0.2) is 40.1 Å². The molecular formula is C27H22ClFN4O3S. The Kier molecular flexibility index (Phi) is 7.25. The molecule has 0 saturated heterocycles. The lowest BCUT2D eigenvalue weighted by Crippen LogP contribution is -2.25. The Hall–Kier alpha value is -3.69. The van der Waals surface area contributed by atoms with Crippen LogP contribution in [0.1, 0.15) is 30.0 Å². The minimum Gasteiger partial charge on any atom is -0.495 e. The summed E-state index contributed by atoms with van der Waals surface area (Å²) < 4.78 is 18.8. The fourth-order valence-electron chi connectivity index (χ4n) is 4.20. The van der Waals surface area contributed by atoms with Crippen LogP contribution in [0, 0.1) is 5.82 Å². The summed E-state index contributed by atoms with van der Waals surface area (Å²) in [6.07, 6.45) is 0.456. The molecule has 37 heavy (non-hydrogen) atoms. The molecule has 2 heterocycles. The number of para-hydroxylation sites is 2. The van der Waals surface area contributed by atoms with Crippen molar-refractivity contribution in [2.75, 3.05) is 12.4 Å². The Morgan fingerprint density at radius 2 is 1.95 bits per heavy atom. The van der Waals surface area contributed by atoms with Crippen LogP contribution < -0.4 is 10.1 Å². The van der Waals surface area contributed by atoms with Crippen molar-refractivity contribution in [2.45, 2.75) is 24.1 Å². The van der Waals surface area contributed by atoms with Crippen LogP contribution in [0.25, 0.3) is 0 Å². The second kappa shape index (κ2) is 10.7. The number of amides is 2. The summed E-state index contributed by atoms with van der Waals surface area (Å²) in [7, 11) is 1.52. The highest BCUT2D eigenvalue weighted by Gasteiger charge is 2.39. The molecular weight excluding hydrogens is 515 g/mol. The standard InChI is InChI=1S/C27H22ClFN4O3S/c1-36-23-8-3-2-7-20(23)30-25(34)15-24-26(35)31-27(37-24)33-22(17-5-4-6-18(28)13-17)14-21(32-33)16-9-11-19(29)12-10-16/h2-13,22,24H,14-15H2,1H3,(H,30,34)/t22-,24-/m0/s1. The quantitative estimate of drug-likeness (QED) is 0.439. The van der Waals surface area contributed by atoms with E-state index in [1.54, 1.807) is 47.5 Å². The van der Waals surface area contributed by atoms with Gasteiger partial charge in [-0.2, -0.15) is 10.1 Å². The van der Waals surface area contributed by atoms with Gasteiger partial charge in [0.1, 0.15) is 16.8 Å². The van der Waals surface area contributed by atoms with Crippen molar-refractivity contribution >= 4 is 51.7 Å². The second-order valence-corrected chi connectivity index (χ2v) is 10.1. The van der Waals surface area contributed by atoms with E-state index in [9.17, 15) is 14.0 Å². The van der Waals surface area contributed by atoms with E-state index < -0.39 is 11.2 Å². The van der Waals surface area contributed by atoms with Crippen molar-refractivity contribution in [1.82, 2.24) is 5.01 Å². The van der Waals surface area contributed by atoms with E-state index in [2.05, 4.69) is 10.3 Å². The first kappa shape index (κ1) is 25.0. The van der Waals surface area contributed by atoms with Gasteiger partial charge in [-0.1, -0.05) is 59.8 Å². The Morgan fingerprint density at radius 1 is 1.16 bits per heavy atom. The number of hydrogen-bond donors (Lipinski definition) is 1. The molecule has 2 amide bonds. The summed E-state index contributed by atoms with van der Waals surface area (Å²) in [4.78, 5) is 29.8. The Morgan fingerprint density at radius 3 is 2.70 bits per heavy atom. The number of carbonyl (C=O) groups is 2. The van der Waals surface area contributed by atoms with E-state index in [1.807, 2.05) is 18.2 Å². The van der Waals surface area contributed by atoms with Gasteiger partial charge in [-0.25, -0.2) is 9.40 Å². The molecule has 0 aliphatic carbocycles. The maximum absolute atomic E-state index is 13.5. The minimum absolute atomic E-state index is 0.0568. The zero-order valence-electron chi connectivity index (χ0n) is 19.7. The topological polar surface area (TPSA) is 83.4 Å². The van der Waals surface area contributed by atoms with E-state index in [0.29, 0.717) is 28.0 Å². The number of nitrogens with one attached hydrogen (secondary N) is 1. The van der Waals surface area contributed by atoms with Crippen LogP contribution in [0.2, 0.25) is 5.02 Å². The molecule has 5 rings (SSSR count). The fraction of sp³-hybridized carbons (Fsp3) is 0.185. The Bertz CT molecular complexity index is 1410. The zero-order valence-corrected chi connectivity index (χ0v) is 21.3. The summed E-state index contributed by atoms with van der Waals surface area (Å²) in [5.41, 5.74) is 2.94. The van der Waals surface area contributed by atoms with E-state index in [-0.39, 0.29) is 24.2 Å². The molecule has 0 spiro atoms. The number of halogens is 2. The third-order valence-electron chi connectivity index (χ3n) is 6.00. The molecule has 2 aliphatic rings. The lowest BCUT2D eigenvalue weighted by molar-refractivity contribution is -0.121. The predicted octanol–water partition coefficient (Wildman–Crippen LogP) is 5.67. The molecule has 0 saturated carbocycles. The van der Waals surface area contributed by atoms with Crippen molar-refractivity contribution in [2.24, 2.45) is 10.1 Å². The van der Waals surface area contributed by atoms with E-state index in [0.717, 1.165) is 16.8 Å². The van der Waals surface area contributed by atoms with Crippen molar-refractivity contribution < 1.29 is 18.7 Å². The van der Waals surface area contributed by atoms with E-state index >= 15 is 0 Å². The normalized spacial score (nSPS) is 19.0. The van der Waals surface area contributed by atoms with Crippen LogP contribution in [0.15, 0.2) is 82.9 Å². The summed E-state index contributed by atoms with van der Waals surface area (Å²) in [6.45, 7) is 0. The van der Waals surface area contributed by atoms with Crippen LogP contribution >= 0.6 is 23.4 Å². The molecule has 0 radical (unpaired) electrons. The molecule has 10 heteroatoms. The smallest absolute Gasteiger partial charge is 0.262 e. The van der Waals surface area contributed by atoms with Gasteiger partial charge in [-0.15, -0.1) is 0 Å². The highest BCUT2D eigenvalue weighted by atomic mass is 35.5. The second-order valence-electron chi connectivity index (χ2n) is 8.46. The van der Waals surface area contributed by atoms with Gasteiger partial charge in [0, 0.05) is 17.9 Å². The minimum atomic E-state index is -0.685. The van der Waals surface area contributed by atoms with Gasteiger partial charge in [0.15, 0.2) is 5.17 Å². The monoisotopic (exact) mass is 536 g/mol. The van der Waals surface area contributed by atoms with Crippen molar-refractivity contribution in [3.05, 3.63) is 94.8 Å². The number of anilines is 1. The molecule has 3 aromatic carbocycles. The number of methoxy groups -OCH3 is 1. The van der Waals surface area contributed by atoms with Gasteiger partial charge in [0.25, 0.3) is 5.91 Å². The molecule has 0 unspecified atom stereocenters. The van der Waals surface area contributed by atoms with Crippen LogP contribution in [-0.2, 0) is 9.59 Å².